The van der Waals surface area contributed by atoms with Crippen LogP contribution in [0.25, 0.3) is 0 Å². The number of anilines is 2. The number of carbonyl (C=O) groups is 1. The molecule has 4 aliphatic carbocycles. The van der Waals surface area contributed by atoms with E-state index in [0.29, 0.717) is 41.2 Å². The van der Waals surface area contributed by atoms with E-state index in [9.17, 15) is 4.79 Å². The van der Waals surface area contributed by atoms with Crippen molar-refractivity contribution in [2.24, 2.45) is 5.41 Å². The van der Waals surface area contributed by atoms with Gasteiger partial charge in [0.25, 0.3) is 0 Å². The molecule has 0 aromatic carbocycles. The third kappa shape index (κ3) is 3.32. The minimum absolute atomic E-state index is 0.0109. The zero-order valence-corrected chi connectivity index (χ0v) is 17.3. The van der Waals surface area contributed by atoms with Crippen LogP contribution in [0.4, 0.5) is 11.1 Å². The van der Waals surface area contributed by atoms with Gasteiger partial charge in [0.2, 0.25) is 16.9 Å². The summed E-state index contributed by atoms with van der Waals surface area (Å²) in [5.74, 6) is 1.25. The first-order chi connectivity index (χ1) is 14.6. The van der Waals surface area contributed by atoms with Gasteiger partial charge in [-0.2, -0.15) is 0 Å². The fourth-order valence-corrected chi connectivity index (χ4v) is 5.28. The summed E-state index contributed by atoms with van der Waals surface area (Å²) in [5.41, 5.74) is -0.270. The standard InChI is InChI=1S/C20H23N5O4S/c26-16(19-10-20(11-19,12-19)29-13-1-2-13)24-18-23-9-15(30-18)28-14-7-21-17(22-8-14)25-3-5-27-6-4-25/h7-9,13H,1-6,10-12H2,(H,23,24,26). The average Bonchev–Trinajstić information content (AvgIpc) is 3.43. The smallest absolute Gasteiger partial charge is 0.232 e. The Morgan fingerprint density at radius 2 is 1.87 bits per heavy atom. The second kappa shape index (κ2) is 6.86. The Balaban J connectivity index is 1.03. The Kier molecular flexibility index (Phi) is 4.22. The van der Waals surface area contributed by atoms with E-state index < -0.39 is 0 Å². The van der Waals surface area contributed by atoms with E-state index in [0.717, 1.165) is 32.4 Å². The Morgan fingerprint density at radius 1 is 1.13 bits per heavy atom. The molecule has 2 bridgehead atoms. The molecule has 158 valence electrons. The van der Waals surface area contributed by atoms with E-state index in [2.05, 4.69) is 25.2 Å². The van der Waals surface area contributed by atoms with Gasteiger partial charge in [0, 0.05) is 13.1 Å². The molecule has 5 fully saturated rings. The van der Waals surface area contributed by atoms with Crippen molar-refractivity contribution in [2.45, 2.75) is 43.8 Å². The van der Waals surface area contributed by atoms with Crippen LogP contribution in [0, 0.1) is 5.41 Å². The molecular formula is C20H23N5O4S. The molecule has 0 radical (unpaired) electrons. The lowest BCUT2D eigenvalue weighted by atomic mass is 9.40. The summed E-state index contributed by atoms with van der Waals surface area (Å²) in [6.07, 6.45) is 10.2. The van der Waals surface area contributed by atoms with Crippen molar-refractivity contribution in [2.75, 3.05) is 36.5 Å². The highest BCUT2D eigenvalue weighted by molar-refractivity contribution is 7.17. The van der Waals surface area contributed by atoms with Crippen LogP contribution in [0.5, 0.6) is 10.8 Å². The normalized spacial score (nSPS) is 29.7. The van der Waals surface area contributed by atoms with Crippen molar-refractivity contribution in [3.63, 3.8) is 0 Å². The van der Waals surface area contributed by atoms with Crippen LogP contribution in [-0.2, 0) is 14.3 Å². The van der Waals surface area contributed by atoms with Crippen molar-refractivity contribution in [1.82, 2.24) is 15.0 Å². The molecule has 4 saturated carbocycles. The lowest BCUT2D eigenvalue weighted by Gasteiger charge is -2.68. The van der Waals surface area contributed by atoms with Gasteiger partial charge in [-0.1, -0.05) is 11.3 Å². The minimum atomic E-state index is -0.259. The van der Waals surface area contributed by atoms with Crippen LogP contribution < -0.4 is 15.0 Å². The molecule has 0 unspecified atom stereocenters. The maximum Gasteiger partial charge on any atom is 0.232 e. The first kappa shape index (κ1) is 18.5. The van der Waals surface area contributed by atoms with Gasteiger partial charge in [-0.15, -0.1) is 0 Å². The second-order valence-corrected chi connectivity index (χ2v) is 9.66. The van der Waals surface area contributed by atoms with Crippen LogP contribution in [0.3, 0.4) is 0 Å². The minimum Gasteiger partial charge on any atom is -0.442 e. The second-order valence-electron chi connectivity index (χ2n) is 8.67. The summed E-state index contributed by atoms with van der Waals surface area (Å²) in [7, 11) is 0. The lowest BCUT2D eigenvalue weighted by Crippen LogP contribution is -2.72. The van der Waals surface area contributed by atoms with Gasteiger partial charge in [-0.25, -0.2) is 15.0 Å². The van der Waals surface area contributed by atoms with Gasteiger partial charge >= 0.3 is 0 Å². The number of morpholine rings is 1. The van der Waals surface area contributed by atoms with Gasteiger partial charge in [0.05, 0.1) is 48.9 Å². The molecule has 2 aromatic rings. The van der Waals surface area contributed by atoms with E-state index in [1.807, 2.05) is 0 Å². The SMILES string of the molecule is O=C(Nc1ncc(Oc2cnc(N3CCOCC3)nc2)s1)C12CC(OC3CC3)(C1)C2. The molecule has 1 N–H and O–H groups in total. The van der Waals surface area contributed by atoms with Crippen LogP contribution in [0.1, 0.15) is 32.1 Å². The summed E-state index contributed by atoms with van der Waals surface area (Å²) in [6, 6.07) is 0. The maximum atomic E-state index is 12.7. The molecule has 9 nitrogen and oxygen atoms in total. The summed E-state index contributed by atoms with van der Waals surface area (Å²) in [6.45, 7) is 2.94. The summed E-state index contributed by atoms with van der Waals surface area (Å²) < 4.78 is 17.2. The number of hydrogen-bond acceptors (Lipinski definition) is 9. The third-order valence-electron chi connectivity index (χ3n) is 6.24. The number of rotatable bonds is 7. The number of ether oxygens (including phenoxy) is 3. The molecule has 10 heteroatoms. The first-order valence-corrected chi connectivity index (χ1v) is 11.2. The summed E-state index contributed by atoms with van der Waals surface area (Å²) >= 11 is 1.30. The van der Waals surface area contributed by atoms with Crippen LogP contribution in [0.15, 0.2) is 18.6 Å². The molecule has 1 saturated heterocycles. The largest absolute Gasteiger partial charge is 0.442 e. The highest BCUT2D eigenvalue weighted by Crippen LogP contribution is 2.70. The van der Waals surface area contributed by atoms with Gasteiger partial charge in [0.15, 0.2) is 10.9 Å². The fraction of sp³-hybridized carbons (Fsp3) is 0.600. The predicted octanol–water partition coefficient (Wildman–Crippen LogP) is 2.60. The maximum absolute atomic E-state index is 12.7. The topological polar surface area (TPSA) is 98.7 Å². The number of amides is 1. The Bertz CT molecular complexity index is 935. The van der Waals surface area contributed by atoms with Crippen molar-refractivity contribution in [3.8, 4) is 10.8 Å². The van der Waals surface area contributed by atoms with E-state index in [-0.39, 0.29) is 16.9 Å². The molecule has 0 atom stereocenters. The lowest BCUT2D eigenvalue weighted by molar-refractivity contribution is -0.276. The van der Waals surface area contributed by atoms with E-state index in [4.69, 9.17) is 14.2 Å². The number of hydrogen-bond donors (Lipinski definition) is 1. The van der Waals surface area contributed by atoms with Crippen LogP contribution in [-0.4, -0.2) is 58.9 Å². The van der Waals surface area contributed by atoms with Crippen molar-refractivity contribution in [3.05, 3.63) is 18.6 Å². The van der Waals surface area contributed by atoms with Crippen LogP contribution in [0.2, 0.25) is 0 Å². The van der Waals surface area contributed by atoms with Gasteiger partial charge in [-0.05, 0) is 32.1 Å². The highest BCUT2D eigenvalue weighted by atomic mass is 32.1. The van der Waals surface area contributed by atoms with E-state index in [1.165, 1.54) is 24.2 Å². The Labute approximate surface area is 177 Å². The Morgan fingerprint density at radius 3 is 2.57 bits per heavy atom. The third-order valence-corrected chi connectivity index (χ3v) is 7.03. The summed E-state index contributed by atoms with van der Waals surface area (Å²) in [4.78, 5) is 27.8. The number of carbonyl (C=O) groups excluding carboxylic acids is 1. The summed E-state index contributed by atoms with van der Waals surface area (Å²) in [5, 5.41) is 4.08. The number of thiazole rings is 1. The van der Waals surface area contributed by atoms with E-state index >= 15 is 0 Å². The number of nitrogens with zero attached hydrogens (tertiary/aromatic N) is 4. The number of nitrogens with one attached hydrogen (secondary N) is 1. The Hall–Kier alpha value is -2.30. The van der Waals surface area contributed by atoms with Crippen LogP contribution >= 0.6 is 11.3 Å². The van der Waals surface area contributed by atoms with Gasteiger partial charge in [-0.3, -0.25) is 4.79 Å². The monoisotopic (exact) mass is 429 g/mol. The highest BCUT2D eigenvalue weighted by Gasteiger charge is 2.73. The predicted molar refractivity (Wildman–Crippen MR) is 109 cm³/mol. The van der Waals surface area contributed by atoms with Crippen molar-refractivity contribution in [1.29, 1.82) is 0 Å². The average molecular weight is 430 g/mol. The van der Waals surface area contributed by atoms with Gasteiger partial charge in [0.1, 0.15) is 0 Å². The molecule has 7 rings (SSSR count). The zero-order valence-electron chi connectivity index (χ0n) is 16.5. The van der Waals surface area contributed by atoms with Crippen molar-refractivity contribution >= 4 is 28.3 Å². The molecule has 0 spiro atoms. The van der Waals surface area contributed by atoms with E-state index in [1.54, 1.807) is 18.6 Å². The quantitative estimate of drug-likeness (QED) is 0.717. The first-order valence-electron chi connectivity index (χ1n) is 10.4. The molecular weight excluding hydrogens is 406 g/mol. The molecule has 1 amide bonds. The fourth-order valence-electron chi connectivity index (χ4n) is 4.60. The van der Waals surface area contributed by atoms with Gasteiger partial charge < -0.3 is 24.4 Å². The molecule has 5 aliphatic rings. The van der Waals surface area contributed by atoms with Crippen molar-refractivity contribution < 1.29 is 19.0 Å². The molecule has 1 aliphatic heterocycles. The molecule has 2 aromatic heterocycles. The number of aromatic nitrogens is 3. The zero-order chi connectivity index (χ0) is 20.2. The molecule has 3 heterocycles. The molecule has 30 heavy (non-hydrogen) atoms.